The number of hydrogen-bond acceptors (Lipinski definition) is 1. The lowest BCUT2D eigenvalue weighted by Gasteiger charge is -2.15. The summed E-state index contributed by atoms with van der Waals surface area (Å²) in [5, 5.41) is 0. The number of benzene rings is 2. The van der Waals surface area contributed by atoms with Crippen molar-refractivity contribution in [1.29, 1.82) is 0 Å². The van der Waals surface area contributed by atoms with E-state index in [4.69, 9.17) is 6.57 Å². The van der Waals surface area contributed by atoms with E-state index in [0.717, 1.165) is 17.1 Å². The average molecular weight is 287 g/mol. The number of imidazole rings is 1. The van der Waals surface area contributed by atoms with Crippen molar-refractivity contribution in [3.05, 3.63) is 76.9 Å². The minimum atomic E-state index is 0.629. The standard InChI is InChI=1S/C19H17N3/c1-13-10-14(2)18(15(3)11-13)22-9-8-21-19(22)16-6-5-7-17(12-16)20-4/h5-12H,1-3H3. The summed E-state index contributed by atoms with van der Waals surface area (Å²) < 4.78 is 2.10. The van der Waals surface area contributed by atoms with E-state index in [-0.39, 0.29) is 0 Å². The Balaban J connectivity index is 2.20. The van der Waals surface area contributed by atoms with Gasteiger partial charge in [0.2, 0.25) is 0 Å². The van der Waals surface area contributed by atoms with E-state index < -0.39 is 0 Å². The third kappa shape index (κ3) is 2.40. The van der Waals surface area contributed by atoms with Gasteiger partial charge < -0.3 is 0 Å². The summed E-state index contributed by atoms with van der Waals surface area (Å²) in [5.74, 6) is 0.862. The molecule has 0 aliphatic heterocycles. The maximum Gasteiger partial charge on any atom is 0.187 e. The van der Waals surface area contributed by atoms with Crippen molar-refractivity contribution >= 4 is 5.69 Å². The fourth-order valence-electron chi connectivity index (χ4n) is 2.96. The number of aryl methyl sites for hydroxylation is 3. The molecule has 1 heterocycles. The first-order chi connectivity index (χ1) is 10.6. The lowest BCUT2D eigenvalue weighted by atomic mass is 10.0. The van der Waals surface area contributed by atoms with Crippen LogP contribution in [0.5, 0.6) is 0 Å². The normalized spacial score (nSPS) is 10.5. The maximum absolute atomic E-state index is 7.17. The Morgan fingerprint density at radius 1 is 1.05 bits per heavy atom. The molecule has 108 valence electrons. The molecule has 3 nitrogen and oxygen atoms in total. The molecule has 0 radical (unpaired) electrons. The zero-order chi connectivity index (χ0) is 15.7. The Kier molecular flexibility index (Phi) is 3.52. The van der Waals surface area contributed by atoms with Gasteiger partial charge in [-0.1, -0.05) is 35.9 Å². The second-order valence-electron chi connectivity index (χ2n) is 5.53. The minimum absolute atomic E-state index is 0.629. The second kappa shape index (κ2) is 5.50. The summed E-state index contributed by atoms with van der Waals surface area (Å²) in [6, 6.07) is 11.9. The molecule has 3 rings (SSSR count). The van der Waals surface area contributed by atoms with Crippen molar-refractivity contribution in [1.82, 2.24) is 9.55 Å². The van der Waals surface area contributed by atoms with Crippen molar-refractivity contribution in [2.45, 2.75) is 20.8 Å². The van der Waals surface area contributed by atoms with E-state index in [1.165, 1.54) is 16.7 Å². The molecule has 0 fully saturated rings. The highest BCUT2D eigenvalue weighted by Crippen LogP contribution is 2.28. The molecule has 0 amide bonds. The quantitative estimate of drug-likeness (QED) is 0.607. The van der Waals surface area contributed by atoms with E-state index >= 15 is 0 Å². The minimum Gasteiger partial charge on any atom is -0.299 e. The molecular weight excluding hydrogens is 270 g/mol. The first-order valence-electron chi connectivity index (χ1n) is 7.19. The predicted octanol–water partition coefficient (Wildman–Crippen LogP) is 5.02. The van der Waals surface area contributed by atoms with Gasteiger partial charge in [-0.3, -0.25) is 4.57 Å². The van der Waals surface area contributed by atoms with Crippen molar-refractivity contribution in [2.75, 3.05) is 0 Å². The van der Waals surface area contributed by atoms with E-state index in [0.29, 0.717) is 5.69 Å². The van der Waals surface area contributed by atoms with Gasteiger partial charge in [-0.15, -0.1) is 0 Å². The predicted molar refractivity (Wildman–Crippen MR) is 89.5 cm³/mol. The first-order valence-corrected chi connectivity index (χ1v) is 7.19. The van der Waals surface area contributed by atoms with Crippen LogP contribution in [0.3, 0.4) is 0 Å². The van der Waals surface area contributed by atoms with Crippen molar-refractivity contribution in [3.63, 3.8) is 0 Å². The number of nitrogens with zero attached hydrogens (tertiary/aromatic N) is 3. The van der Waals surface area contributed by atoms with Crippen LogP contribution in [0.1, 0.15) is 16.7 Å². The largest absolute Gasteiger partial charge is 0.299 e. The highest BCUT2D eigenvalue weighted by atomic mass is 15.1. The summed E-state index contributed by atoms with van der Waals surface area (Å²) in [6.45, 7) is 13.5. The fourth-order valence-corrected chi connectivity index (χ4v) is 2.96. The number of aromatic nitrogens is 2. The molecule has 2 aromatic carbocycles. The summed E-state index contributed by atoms with van der Waals surface area (Å²) >= 11 is 0. The van der Waals surface area contributed by atoms with Crippen LogP contribution < -0.4 is 0 Å². The average Bonchev–Trinajstić information content (AvgIpc) is 2.95. The Hall–Kier alpha value is -2.86. The van der Waals surface area contributed by atoms with Gasteiger partial charge >= 0.3 is 0 Å². The number of rotatable bonds is 2. The Morgan fingerprint density at radius 3 is 2.45 bits per heavy atom. The molecule has 1 aromatic heterocycles. The molecular formula is C19H17N3. The molecule has 0 saturated carbocycles. The van der Waals surface area contributed by atoms with Crippen LogP contribution in [0, 0.1) is 27.3 Å². The van der Waals surface area contributed by atoms with E-state index in [2.05, 4.69) is 47.3 Å². The van der Waals surface area contributed by atoms with E-state index in [1.807, 2.05) is 30.5 Å². The van der Waals surface area contributed by atoms with E-state index in [9.17, 15) is 0 Å². The van der Waals surface area contributed by atoms with E-state index in [1.54, 1.807) is 6.20 Å². The molecule has 0 atom stereocenters. The Bertz CT molecular complexity index is 859. The van der Waals surface area contributed by atoms with Gasteiger partial charge in [0.25, 0.3) is 0 Å². The first kappa shape index (κ1) is 14.1. The summed E-state index contributed by atoms with van der Waals surface area (Å²) in [4.78, 5) is 8.01. The van der Waals surface area contributed by atoms with Crippen molar-refractivity contribution in [3.8, 4) is 17.1 Å². The zero-order valence-corrected chi connectivity index (χ0v) is 13.0. The van der Waals surface area contributed by atoms with Gasteiger partial charge in [0.15, 0.2) is 5.69 Å². The summed E-state index contributed by atoms with van der Waals surface area (Å²) in [5.41, 5.74) is 6.44. The van der Waals surface area contributed by atoms with Crippen LogP contribution in [0.15, 0.2) is 48.8 Å². The number of hydrogen-bond donors (Lipinski definition) is 0. The molecule has 0 aliphatic carbocycles. The van der Waals surface area contributed by atoms with Crippen molar-refractivity contribution < 1.29 is 0 Å². The summed E-state index contributed by atoms with van der Waals surface area (Å²) in [6.07, 6.45) is 3.78. The molecule has 3 heteroatoms. The van der Waals surface area contributed by atoms with Gasteiger partial charge in [0, 0.05) is 18.0 Å². The van der Waals surface area contributed by atoms with Gasteiger partial charge in [-0.25, -0.2) is 9.83 Å². The Morgan fingerprint density at radius 2 is 1.77 bits per heavy atom. The summed E-state index contributed by atoms with van der Waals surface area (Å²) in [7, 11) is 0. The van der Waals surface area contributed by atoms with Gasteiger partial charge in [-0.05, 0) is 38.0 Å². The molecule has 0 N–H and O–H groups in total. The Labute approximate surface area is 130 Å². The van der Waals surface area contributed by atoms with Gasteiger partial charge in [0.05, 0.1) is 12.3 Å². The van der Waals surface area contributed by atoms with Crippen molar-refractivity contribution in [2.24, 2.45) is 0 Å². The van der Waals surface area contributed by atoms with Gasteiger partial charge in [-0.2, -0.15) is 0 Å². The lowest BCUT2D eigenvalue weighted by Crippen LogP contribution is -2.02. The second-order valence-corrected chi connectivity index (χ2v) is 5.53. The molecule has 3 aromatic rings. The molecule has 0 bridgehead atoms. The van der Waals surface area contributed by atoms with Crippen LogP contribution in [-0.2, 0) is 0 Å². The highest BCUT2D eigenvalue weighted by molar-refractivity contribution is 5.66. The van der Waals surface area contributed by atoms with Crippen LogP contribution >= 0.6 is 0 Å². The topological polar surface area (TPSA) is 22.2 Å². The maximum atomic E-state index is 7.17. The van der Waals surface area contributed by atoms with Crippen LogP contribution in [0.2, 0.25) is 0 Å². The smallest absolute Gasteiger partial charge is 0.187 e. The van der Waals surface area contributed by atoms with Crippen LogP contribution in [0.25, 0.3) is 21.9 Å². The fraction of sp³-hybridized carbons (Fsp3) is 0.158. The van der Waals surface area contributed by atoms with Crippen LogP contribution in [-0.4, -0.2) is 9.55 Å². The third-order valence-electron chi connectivity index (χ3n) is 3.75. The van der Waals surface area contributed by atoms with Gasteiger partial charge in [0.1, 0.15) is 5.82 Å². The monoisotopic (exact) mass is 287 g/mol. The molecule has 0 spiro atoms. The third-order valence-corrected chi connectivity index (χ3v) is 3.75. The molecule has 0 saturated heterocycles. The lowest BCUT2D eigenvalue weighted by molar-refractivity contribution is 1.03. The molecule has 22 heavy (non-hydrogen) atoms. The zero-order valence-electron chi connectivity index (χ0n) is 13.0. The molecule has 0 aliphatic rings. The highest BCUT2D eigenvalue weighted by Gasteiger charge is 2.12. The van der Waals surface area contributed by atoms with Crippen LogP contribution in [0.4, 0.5) is 5.69 Å². The SMILES string of the molecule is [C-]#[N+]c1cccc(-c2nccn2-c2c(C)cc(C)cc2C)c1. The molecule has 0 unspecified atom stereocenters.